The molecule has 1 rings (SSSR count). The molecule has 78 valence electrons. The molecular weight excluding hydrogens is 184 g/mol. The second kappa shape index (κ2) is 5.05. The molecule has 0 unspecified atom stereocenters. The first-order valence-corrected chi connectivity index (χ1v) is 4.75. The van der Waals surface area contributed by atoms with Crippen molar-refractivity contribution in [2.24, 2.45) is 5.92 Å². The SMILES string of the molecule is CC(C)CNCc1c(F)cccc1F. The Balaban J connectivity index is 2.58. The van der Waals surface area contributed by atoms with E-state index in [2.05, 4.69) is 5.32 Å². The summed E-state index contributed by atoms with van der Waals surface area (Å²) in [4.78, 5) is 0. The fraction of sp³-hybridized carbons (Fsp3) is 0.455. The molecule has 14 heavy (non-hydrogen) atoms. The Kier molecular flexibility index (Phi) is 4.01. The highest BCUT2D eigenvalue weighted by Gasteiger charge is 2.07. The summed E-state index contributed by atoms with van der Waals surface area (Å²) in [5, 5.41) is 3.00. The van der Waals surface area contributed by atoms with Gasteiger partial charge in [-0.2, -0.15) is 0 Å². The summed E-state index contributed by atoms with van der Waals surface area (Å²) in [5.74, 6) is -0.493. The number of halogens is 2. The molecule has 0 fully saturated rings. The first kappa shape index (κ1) is 11.1. The number of benzene rings is 1. The molecule has 1 aromatic rings. The van der Waals surface area contributed by atoms with E-state index in [1.165, 1.54) is 18.2 Å². The van der Waals surface area contributed by atoms with Crippen molar-refractivity contribution in [1.82, 2.24) is 5.32 Å². The van der Waals surface area contributed by atoms with E-state index in [4.69, 9.17) is 0 Å². The largest absolute Gasteiger partial charge is 0.312 e. The standard InChI is InChI=1S/C11H15F2N/c1-8(2)6-14-7-9-10(12)4-3-5-11(9)13/h3-5,8,14H,6-7H2,1-2H3. The van der Waals surface area contributed by atoms with Crippen molar-refractivity contribution in [3.63, 3.8) is 0 Å². The summed E-state index contributed by atoms with van der Waals surface area (Å²) in [6.45, 7) is 5.10. The molecule has 0 aliphatic heterocycles. The minimum absolute atomic E-state index is 0.119. The van der Waals surface area contributed by atoms with E-state index in [9.17, 15) is 8.78 Å². The minimum atomic E-state index is -0.485. The van der Waals surface area contributed by atoms with Crippen LogP contribution < -0.4 is 5.32 Å². The first-order valence-electron chi connectivity index (χ1n) is 4.75. The normalized spacial score (nSPS) is 10.9. The van der Waals surface area contributed by atoms with Crippen LogP contribution in [0.3, 0.4) is 0 Å². The van der Waals surface area contributed by atoms with Gasteiger partial charge in [0, 0.05) is 12.1 Å². The number of hydrogen-bond donors (Lipinski definition) is 1. The molecule has 0 spiro atoms. The van der Waals surface area contributed by atoms with Crippen molar-refractivity contribution in [3.05, 3.63) is 35.4 Å². The predicted octanol–water partition coefficient (Wildman–Crippen LogP) is 2.71. The highest BCUT2D eigenvalue weighted by atomic mass is 19.1. The third-order valence-electron chi connectivity index (χ3n) is 1.92. The molecule has 3 heteroatoms. The molecule has 0 heterocycles. The van der Waals surface area contributed by atoms with Crippen molar-refractivity contribution in [2.45, 2.75) is 20.4 Å². The van der Waals surface area contributed by atoms with Crippen LogP contribution in [0.1, 0.15) is 19.4 Å². The Bertz CT molecular complexity index is 277. The van der Waals surface area contributed by atoms with E-state index < -0.39 is 11.6 Å². The summed E-state index contributed by atoms with van der Waals surface area (Å²) in [7, 11) is 0. The highest BCUT2D eigenvalue weighted by molar-refractivity contribution is 5.19. The molecule has 1 nitrogen and oxygen atoms in total. The monoisotopic (exact) mass is 199 g/mol. The van der Waals surface area contributed by atoms with Crippen molar-refractivity contribution in [1.29, 1.82) is 0 Å². The summed E-state index contributed by atoms with van der Waals surface area (Å²) in [5.41, 5.74) is 0.119. The van der Waals surface area contributed by atoms with Crippen LogP contribution in [-0.4, -0.2) is 6.54 Å². The molecule has 1 aromatic carbocycles. The topological polar surface area (TPSA) is 12.0 Å². The summed E-state index contributed by atoms with van der Waals surface area (Å²) >= 11 is 0. The van der Waals surface area contributed by atoms with Gasteiger partial charge in [-0.25, -0.2) is 8.78 Å². The van der Waals surface area contributed by atoms with Gasteiger partial charge in [-0.3, -0.25) is 0 Å². The van der Waals surface area contributed by atoms with Crippen molar-refractivity contribution in [2.75, 3.05) is 6.54 Å². The zero-order valence-corrected chi connectivity index (χ0v) is 8.48. The van der Waals surface area contributed by atoms with Gasteiger partial charge in [-0.1, -0.05) is 19.9 Å². The summed E-state index contributed by atoms with van der Waals surface area (Å²) in [6, 6.07) is 3.92. The lowest BCUT2D eigenvalue weighted by atomic mass is 10.2. The molecule has 0 amide bonds. The van der Waals surface area contributed by atoms with E-state index in [0.29, 0.717) is 5.92 Å². The lowest BCUT2D eigenvalue weighted by Gasteiger charge is -2.08. The Hall–Kier alpha value is -0.960. The van der Waals surface area contributed by atoms with Gasteiger partial charge in [0.2, 0.25) is 0 Å². The zero-order valence-electron chi connectivity index (χ0n) is 8.48. The van der Waals surface area contributed by atoms with Crippen molar-refractivity contribution in [3.8, 4) is 0 Å². The lowest BCUT2D eigenvalue weighted by molar-refractivity contribution is 0.508. The van der Waals surface area contributed by atoms with Crippen LogP contribution in [0.15, 0.2) is 18.2 Å². The van der Waals surface area contributed by atoms with Gasteiger partial charge >= 0.3 is 0 Å². The number of hydrogen-bond acceptors (Lipinski definition) is 1. The first-order chi connectivity index (χ1) is 6.61. The van der Waals surface area contributed by atoms with Crippen LogP contribution in [0.2, 0.25) is 0 Å². The van der Waals surface area contributed by atoms with Gasteiger partial charge in [-0.05, 0) is 24.6 Å². The molecule has 0 aliphatic rings. The second-order valence-electron chi connectivity index (χ2n) is 3.72. The summed E-state index contributed by atoms with van der Waals surface area (Å²) in [6.07, 6.45) is 0. The average molecular weight is 199 g/mol. The molecule has 0 aromatic heterocycles. The number of rotatable bonds is 4. The zero-order chi connectivity index (χ0) is 10.6. The Labute approximate surface area is 83.1 Å². The van der Waals surface area contributed by atoms with E-state index in [-0.39, 0.29) is 12.1 Å². The van der Waals surface area contributed by atoms with Crippen LogP contribution in [0, 0.1) is 17.6 Å². The van der Waals surface area contributed by atoms with Gasteiger partial charge < -0.3 is 5.32 Å². The molecule has 0 bridgehead atoms. The van der Waals surface area contributed by atoms with E-state index in [0.717, 1.165) is 6.54 Å². The fourth-order valence-electron chi connectivity index (χ4n) is 1.19. The maximum absolute atomic E-state index is 13.1. The Morgan fingerprint density at radius 3 is 2.29 bits per heavy atom. The van der Waals surface area contributed by atoms with E-state index in [1.54, 1.807) is 0 Å². The van der Waals surface area contributed by atoms with Crippen LogP contribution in [0.5, 0.6) is 0 Å². The molecule has 0 aliphatic carbocycles. The smallest absolute Gasteiger partial charge is 0.130 e. The highest BCUT2D eigenvalue weighted by Crippen LogP contribution is 2.11. The maximum atomic E-state index is 13.1. The van der Waals surface area contributed by atoms with Gasteiger partial charge in [0.25, 0.3) is 0 Å². The fourth-order valence-corrected chi connectivity index (χ4v) is 1.19. The lowest BCUT2D eigenvalue weighted by Crippen LogP contribution is -2.20. The predicted molar refractivity (Wildman–Crippen MR) is 52.9 cm³/mol. The molecule has 0 radical (unpaired) electrons. The molecule has 0 saturated carbocycles. The van der Waals surface area contributed by atoms with Crippen LogP contribution in [0.25, 0.3) is 0 Å². The quantitative estimate of drug-likeness (QED) is 0.786. The van der Waals surface area contributed by atoms with Gasteiger partial charge in [0.15, 0.2) is 0 Å². The Morgan fingerprint density at radius 1 is 1.21 bits per heavy atom. The van der Waals surface area contributed by atoms with Crippen molar-refractivity contribution < 1.29 is 8.78 Å². The summed E-state index contributed by atoms with van der Waals surface area (Å²) < 4.78 is 26.2. The van der Waals surface area contributed by atoms with E-state index >= 15 is 0 Å². The second-order valence-corrected chi connectivity index (χ2v) is 3.72. The van der Waals surface area contributed by atoms with Gasteiger partial charge in [0.1, 0.15) is 11.6 Å². The van der Waals surface area contributed by atoms with E-state index in [1.807, 2.05) is 13.8 Å². The van der Waals surface area contributed by atoms with Gasteiger partial charge in [-0.15, -0.1) is 0 Å². The maximum Gasteiger partial charge on any atom is 0.130 e. The number of nitrogens with one attached hydrogen (secondary N) is 1. The van der Waals surface area contributed by atoms with Crippen molar-refractivity contribution >= 4 is 0 Å². The molecule has 0 saturated heterocycles. The molecule has 1 N–H and O–H groups in total. The van der Waals surface area contributed by atoms with Gasteiger partial charge in [0.05, 0.1) is 0 Å². The molecular formula is C11H15F2N. The van der Waals surface area contributed by atoms with Crippen LogP contribution >= 0.6 is 0 Å². The molecule has 0 atom stereocenters. The van der Waals surface area contributed by atoms with Crippen LogP contribution in [0.4, 0.5) is 8.78 Å². The Morgan fingerprint density at radius 2 is 1.79 bits per heavy atom. The third kappa shape index (κ3) is 3.07. The average Bonchev–Trinajstić information content (AvgIpc) is 2.09. The minimum Gasteiger partial charge on any atom is -0.312 e. The third-order valence-corrected chi connectivity index (χ3v) is 1.92. The van der Waals surface area contributed by atoms with Crippen LogP contribution in [-0.2, 0) is 6.54 Å².